The van der Waals surface area contributed by atoms with Gasteiger partial charge in [-0.05, 0) is 24.3 Å². The molecule has 3 rings (SSSR count). The molecule has 0 radical (unpaired) electrons. The van der Waals surface area contributed by atoms with Crippen LogP contribution in [0.3, 0.4) is 0 Å². The lowest BCUT2D eigenvalue weighted by Gasteiger charge is -2.11. The Morgan fingerprint density at radius 1 is 0.724 bits per heavy atom. The number of ketones is 1. The van der Waals surface area contributed by atoms with E-state index in [0.29, 0.717) is 22.6 Å². The van der Waals surface area contributed by atoms with E-state index < -0.39 is 18.5 Å². The number of anilines is 1. The Morgan fingerprint density at radius 3 is 2.07 bits per heavy atom. The molecule has 0 spiro atoms. The molecular weight excluding hydrogens is 370 g/mol. The van der Waals surface area contributed by atoms with Crippen LogP contribution >= 0.6 is 0 Å². The third kappa shape index (κ3) is 5.77. The predicted molar refractivity (Wildman–Crippen MR) is 108 cm³/mol. The number of amides is 1. The highest BCUT2D eigenvalue weighted by Gasteiger charge is 2.15. The Hall–Kier alpha value is -3.93. The average molecular weight is 389 g/mol. The number of rotatable bonds is 8. The van der Waals surface area contributed by atoms with Gasteiger partial charge in [0.1, 0.15) is 5.75 Å². The van der Waals surface area contributed by atoms with E-state index in [4.69, 9.17) is 9.47 Å². The van der Waals surface area contributed by atoms with Gasteiger partial charge in [-0.2, -0.15) is 0 Å². The maximum absolute atomic E-state index is 12.7. The predicted octanol–water partition coefficient (Wildman–Crippen LogP) is 3.48. The molecule has 29 heavy (non-hydrogen) atoms. The fraction of sp³-hybridized carbons (Fsp3) is 0.0870. The van der Waals surface area contributed by atoms with Crippen molar-refractivity contribution in [3.63, 3.8) is 0 Å². The second-order valence-electron chi connectivity index (χ2n) is 6.05. The van der Waals surface area contributed by atoms with Crippen molar-refractivity contribution >= 4 is 23.3 Å². The topological polar surface area (TPSA) is 81.7 Å². The zero-order valence-electron chi connectivity index (χ0n) is 15.5. The SMILES string of the molecule is O=C(COC(=O)COc1ccccc1)Nc1ccccc1C(=O)c1ccccc1. The molecule has 0 unspecified atom stereocenters. The van der Waals surface area contributed by atoms with Crippen LogP contribution in [0.1, 0.15) is 15.9 Å². The first-order valence-electron chi connectivity index (χ1n) is 8.95. The van der Waals surface area contributed by atoms with Crippen molar-refractivity contribution in [2.24, 2.45) is 0 Å². The first-order valence-corrected chi connectivity index (χ1v) is 8.95. The normalized spacial score (nSPS) is 10.1. The Balaban J connectivity index is 1.54. The van der Waals surface area contributed by atoms with Gasteiger partial charge in [0.15, 0.2) is 19.0 Å². The molecule has 0 saturated heterocycles. The second kappa shape index (κ2) is 9.85. The van der Waals surface area contributed by atoms with Gasteiger partial charge in [0.25, 0.3) is 5.91 Å². The van der Waals surface area contributed by atoms with E-state index in [1.165, 1.54) is 0 Å². The van der Waals surface area contributed by atoms with Gasteiger partial charge < -0.3 is 14.8 Å². The van der Waals surface area contributed by atoms with E-state index in [0.717, 1.165) is 0 Å². The number of hydrogen-bond donors (Lipinski definition) is 1. The number of nitrogens with one attached hydrogen (secondary N) is 1. The molecule has 0 bridgehead atoms. The molecule has 0 aliphatic heterocycles. The largest absolute Gasteiger partial charge is 0.482 e. The maximum atomic E-state index is 12.7. The molecule has 0 heterocycles. The monoisotopic (exact) mass is 389 g/mol. The second-order valence-corrected chi connectivity index (χ2v) is 6.05. The van der Waals surface area contributed by atoms with Crippen molar-refractivity contribution < 1.29 is 23.9 Å². The minimum atomic E-state index is -0.669. The van der Waals surface area contributed by atoms with Gasteiger partial charge in [-0.15, -0.1) is 0 Å². The average Bonchev–Trinajstić information content (AvgIpc) is 2.77. The van der Waals surface area contributed by atoms with Gasteiger partial charge in [-0.3, -0.25) is 9.59 Å². The smallest absolute Gasteiger partial charge is 0.344 e. The van der Waals surface area contributed by atoms with E-state index in [1.807, 2.05) is 12.1 Å². The highest BCUT2D eigenvalue weighted by Crippen LogP contribution is 2.19. The molecule has 0 aromatic heterocycles. The number of para-hydroxylation sites is 2. The van der Waals surface area contributed by atoms with Crippen molar-refractivity contribution in [1.29, 1.82) is 0 Å². The van der Waals surface area contributed by atoms with Crippen molar-refractivity contribution in [1.82, 2.24) is 0 Å². The van der Waals surface area contributed by atoms with Crippen LogP contribution in [-0.2, 0) is 14.3 Å². The van der Waals surface area contributed by atoms with Crippen molar-refractivity contribution in [2.75, 3.05) is 18.5 Å². The molecule has 0 saturated carbocycles. The van der Waals surface area contributed by atoms with Crippen LogP contribution in [0, 0.1) is 0 Å². The number of benzene rings is 3. The molecular formula is C23H19NO5. The first-order chi connectivity index (χ1) is 14.1. The lowest BCUT2D eigenvalue weighted by atomic mass is 10.0. The van der Waals surface area contributed by atoms with Crippen molar-refractivity contribution in [3.05, 3.63) is 96.1 Å². The Labute approximate surface area is 168 Å². The molecule has 3 aromatic carbocycles. The summed E-state index contributed by atoms with van der Waals surface area (Å²) in [6.07, 6.45) is 0. The van der Waals surface area contributed by atoms with Gasteiger partial charge >= 0.3 is 5.97 Å². The summed E-state index contributed by atoms with van der Waals surface area (Å²) in [5.74, 6) is -0.902. The summed E-state index contributed by atoms with van der Waals surface area (Å²) < 4.78 is 10.2. The van der Waals surface area contributed by atoms with E-state index in [2.05, 4.69) is 5.32 Å². The van der Waals surface area contributed by atoms with Crippen LogP contribution in [0.4, 0.5) is 5.69 Å². The molecule has 6 nitrogen and oxygen atoms in total. The summed E-state index contributed by atoms with van der Waals surface area (Å²) in [4.78, 5) is 36.6. The van der Waals surface area contributed by atoms with Gasteiger partial charge in [-0.1, -0.05) is 60.7 Å². The van der Waals surface area contributed by atoms with Gasteiger partial charge in [-0.25, -0.2) is 4.79 Å². The van der Waals surface area contributed by atoms with Gasteiger partial charge in [0, 0.05) is 11.1 Å². The summed E-state index contributed by atoms with van der Waals surface area (Å²) in [6, 6.07) is 24.2. The van der Waals surface area contributed by atoms with Gasteiger partial charge in [0.05, 0.1) is 5.69 Å². The number of carbonyl (C=O) groups excluding carboxylic acids is 3. The van der Waals surface area contributed by atoms with E-state index in [1.54, 1.807) is 72.8 Å². The molecule has 0 atom stereocenters. The summed E-state index contributed by atoms with van der Waals surface area (Å²) in [6.45, 7) is -0.786. The minimum absolute atomic E-state index is 0.213. The molecule has 0 aliphatic rings. The number of hydrogen-bond acceptors (Lipinski definition) is 5. The van der Waals surface area contributed by atoms with Crippen LogP contribution in [-0.4, -0.2) is 30.9 Å². The zero-order chi connectivity index (χ0) is 20.5. The van der Waals surface area contributed by atoms with Crippen molar-refractivity contribution in [3.8, 4) is 5.75 Å². The lowest BCUT2D eigenvalue weighted by Crippen LogP contribution is -2.24. The number of ether oxygens (including phenoxy) is 2. The molecule has 3 aromatic rings. The Morgan fingerprint density at radius 2 is 1.34 bits per heavy atom. The van der Waals surface area contributed by atoms with E-state index in [9.17, 15) is 14.4 Å². The van der Waals surface area contributed by atoms with Crippen LogP contribution in [0.25, 0.3) is 0 Å². The summed E-state index contributed by atoms with van der Waals surface area (Å²) >= 11 is 0. The van der Waals surface area contributed by atoms with Crippen LogP contribution in [0.15, 0.2) is 84.9 Å². The van der Waals surface area contributed by atoms with Gasteiger partial charge in [0.2, 0.25) is 0 Å². The molecule has 1 amide bonds. The third-order valence-electron chi connectivity index (χ3n) is 3.95. The quantitative estimate of drug-likeness (QED) is 0.471. The van der Waals surface area contributed by atoms with Crippen LogP contribution in [0.5, 0.6) is 5.75 Å². The molecule has 6 heteroatoms. The third-order valence-corrected chi connectivity index (χ3v) is 3.95. The molecule has 0 aliphatic carbocycles. The zero-order valence-corrected chi connectivity index (χ0v) is 15.5. The van der Waals surface area contributed by atoms with Crippen LogP contribution < -0.4 is 10.1 Å². The maximum Gasteiger partial charge on any atom is 0.344 e. The van der Waals surface area contributed by atoms with Crippen LogP contribution in [0.2, 0.25) is 0 Å². The number of carbonyl (C=O) groups is 3. The Kier molecular flexibility index (Phi) is 6.73. The molecule has 1 N–H and O–H groups in total. The molecule has 146 valence electrons. The first kappa shape index (κ1) is 19.8. The minimum Gasteiger partial charge on any atom is -0.482 e. The van der Waals surface area contributed by atoms with E-state index in [-0.39, 0.29) is 12.4 Å². The fourth-order valence-electron chi connectivity index (χ4n) is 2.57. The van der Waals surface area contributed by atoms with Crippen molar-refractivity contribution in [2.45, 2.75) is 0 Å². The summed E-state index contributed by atoms with van der Waals surface area (Å²) in [7, 11) is 0. The standard InChI is InChI=1S/C23H19NO5/c25-21(15-29-22(26)16-28-18-11-5-2-6-12-18)24-20-14-8-7-13-19(20)23(27)17-9-3-1-4-10-17/h1-14H,15-16H2,(H,24,25). The number of esters is 1. The Bertz CT molecular complexity index is 986. The lowest BCUT2D eigenvalue weighted by molar-refractivity contribution is -0.149. The molecule has 0 fully saturated rings. The fourth-order valence-corrected chi connectivity index (χ4v) is 2.57. The highest BCUT2D eigenvalue weighted by atomic mass is 16.6. The summed E-state index contributed by atoms with van der Waals surface area (Å²) in [5.41, 5.74) is 1.22. The highest BCUT2D eigenvalue weighted by molar-refractivity contribution is 6.13. The van der Waals surface area contributed by atoms with E-state index >= 15 is 0 Å². The summed E-state index contributed by atoms with van der Waals surface area (Å²) in [5, 5.41) is 2.61.